The van der Waals surface area contributed by atoms with Crippen molar-refractivity contribution in [1.29, 1.82) is 0 Å². The van der Waals surface area contributed by atoms with Gasteiger partial charge >= 0.3 is 0 Å². The lowest BCUT2D eigenvalue weighted by atomic mass is 10.1. The molecule has 1 amide bonds. The van der Waals surface area contributed by atoms with Gasteiger partial charge in [-0.05, 0) is 50.5 Å². The molecule has 27 heavy (non-hydrogen) atoms. The maximum atomic E-state index is 12.9. The van der Waals surface area contributed by atoms with Gasteiger partial charge in [0.15, 0.2) is 5.03 Å². The van der Waals surface area contributed by atoms with E-state index in [1.54, 1.807) is 23.4 Å². The number of imidazole rings is 1. The van der Waals surface area contributed by atoms with Gasteiger partial charge in [-0.2, -0.15) is 4.31 Å². The van der Waals surface area contributed by atoms with Crippen molar-refractivity contribution in [3.63, 3.8) is 0 Å². The summed E-state index contributed by atoms with van der Waals surface area (Å²) >= 11 is 0. The summed E-state index contributed by atoms with van der Waals surface area (Å²) in [6.07, 6.45) is 2.13. The van der Waals surface area contributed by atoms with Crippen molar-refractivity contribution < 1.29 is 13.2 Å². The van der Waals surface area contributed by atoms with Crippen LogP contribution < -0.4 is 0 Å². The van der Waals surface area contributed by atoms with E-state index in [9.17, 15) is 13.2 Å². The van der Waals surface area contributed by atoms with Gasteiger partial charge in [-0.25, -0.2) is 13.4 Å². The molecule has 2 aromatic rings. The van der Waals surface area contributed by atoms with Crippen molar-refractivity contribution in [2.75, 3.05) is 26.2 Å². The Labute approximate surface area is 160 Å². The zero-order valence-corrected chi connectivity index (χ0v) is 17.1. The van der Waals surface area contributed by atoms with E-state index in [0.717, 1.165) is 11.1 Å². The molecule has 8 heteroatoms. The number of aromatic nitrogens is 2. The highest BCUT2D eigenvalue weighted by Gasteiger charge is 2.30. The van der Waals surface area contributed by atoms with Crippen LogP contribution in [0, 0.1) is 20.8 Å². The first kappa shape index (κ1) is 19.6. The zero-order valence-electron chi connectivity index (χ0n) is 16.3. The van der Waals surface area contributed by atoms with E-state index < -0.39 is 10.0 Å². The number of amides is 1. The number of hydrogen-bond acceptors (Lipinski definition) is 4. The first-order valence-electron chi connectivity index (χ1n) is 9.07. The molecule has 0 aliphatic carbocycles. The summed E-state index contributed by atoms with van der Waals surface area (Å²) in [6, 6.07) is 5.68. The molecule has 1 aromatic carbocycles. The van der Waals surface area contributed by atoms with Gasteiger partial charge in [0.1, 0.15) is 5.82 Å². The highest BCUT2D eigenvalue weighted by atomic mass is 32.2. The third-order valence-electron chi connectivity index (χ3n) is 5.19. The molecule has 0 bridgehead atoms. The Morgan fingerprint density at radius 2 is 1.78 bits per heavy atom. The van der Waals surface area contributed by atoms with Crippen molar-refractivity contribution in [3.8, 4) is 0 Å². The summed E-state index contributed by atoms with van der Waals surface area (Å²) in [5, 5.41) is 0.0661. The fourth-order valence-electron chi connectivity index (χ4n) is 3.18. The molecular formula is C19H26N4O3S. The Kier molecular flexibility index (Phi) is 5.39. The fourth-order valence-corrected chi connectivity index (χ4v) is 4.67. The van der Waals surface area contributed by atoms with Gasteiger partial charge in [0, 0.05) is 45.0 Å². The second-order valence-electron chi connectivity index (χ2n) is 7.09. The number of nitrogens with zero attached hydrogens (tertiary/aromatic N) is 4. The van der Waals surface area contributed by atoms with Crippen molar-refractivity contribution >= 4 is 15.9 Å². The Balaban J connectivity index is 1.75. The molecule has 0 saturated carbocycles. The maximum absolute atomic E-state index is 12.9. The first-order chi connectivity index (χ1) is 12.7. The predicted molar refractivity (Wildman–Crippen MR) is 103 cm³/mol. The molecule has 0 radical (unpaired) electrons. The Morgan fingerprint density at radius 1 is 1.04 bits per heavy atom. The Bertz CT molecular complexity index is 946. The summed E-state index contributed by atoms with van der Waals surface area (Å²) in [7, 11) is -1.88. The monoisotopic (exact) mass is 390 g/mol. The highest BCUT2D eigenvalue weighted by molar-refractivity contribution is 7.89. The Morgan fingerprint density at radius 3 is 2.41 bits per heavy atom. The van der Waals surface area contributed by atoms with Crippen LogP contribution in [0.25, 0.3) is 0 Å². The molecule has 1 fully saturated rings. The smallest absolute Gasteiger partial charge is 0.262 e. The highest BCUT2D eigenvalue weighted by Crippen LogP contribution is 2.19. The third-order valence-corrected chi connectivity index (χ3v) is 6.96. The van der Waals surface area contributed by atoms with Gasteiger partial charge in [0.2, 0.25) is 0 Å². The normalized spacial score (nSPS) is 16.4. The SMILES string of the molecule is Cc1ccc(C(=O)N2CCCN(S(=O)(=O)c3cn(C)c(C)n3)CC2)cc1C. The standard InChI is InChI=1S/C19H26N4O3S/c1-14-6-7-17(12-15(14)2)19(24)22-8-5-9-23(11-10-22)27(25,26)18-13-21(4)16(3)20-18/h6-7,12-13H,5,8-11H2,1-4H3. The number of carbonyl (C=O) groups excluding carboxylic acids is 1. The lowest BCUT2D eigenvalue weighted by molar-refractivity contribution is 0.0764. The van der Waals surface area contributed by atoms with Crippen molar-refractivity contribution in [2.24, 2.45) is 7.05 Å². The lowest BCUT2D eigenvalue weighted by Gasteiger charge is -2.21. The van der Waals surface area contributed by atoms with E-state index in [0.29, 0.717) is 37.4 Å². The zero-order chi connectivity index (χ0) is 19.8. The number of sulfonamides is 1. The maximum Gasteiger partial charge on any atom is 0.262 e. The van der Waals surface area contributed by atoms with Crippen LogP contribution in [-0.4, -0.2) is 59.3 Å². The molecule has 1 aromatic heterocycles. The topological polar surface area (TPSA) is 75.5 Å². The van der Waals surface area contributed by atoms with Crippen molar-refractivity contribution in [3.05, 3.63) is 46.9 Å². The van der Waals surface area contributed by atoms with E-state index in [1.807, 2.05) is 32.0 Å². The molecule has 3 rings (SSSR count). The van der Waals surface area contributed by atoms with Crippen LogP contribution in [0.3, 0.4) is 0 Å². The number of benzene rings is 1. The van der Waals surface area contributed by atoms with Gasteiger partial charge in [0.05, 0.1) is 0 Å². The van der Waals surface area contributed by atoms with Gasteiger partial charge in [0.25, 0.3) is 15.9 Å². The second-order valence-corrected chi connectivity index (χ2v) is 8.97. The molecule has 0 unspecified atom stereocenters. The van der Waals surface area contributed by atoms with Gasteiger partial charge in [-0.3, -0.25) is 4.79 Å². The predicted octanol–water partition coefficient (Wildman–Crippen LogP) is 1.88. The van der Waals surface area contributed by atoms with Crippen LogP contribution in [-0.2, 0) is 17.1 Å². The molecular weight excluding hydrogens is 364 g/mol. The minimum atomic E-state index is -3.65. The molecule has 146 valence electrons. The molecule has 0 spiro atoms. The number of carbonyl (C=O) groups is 1. The van der Waals surface area contributed by atoms with E-state index in [-0.39, 0.29) is 17.5 Å². The van der Waals surface area contributed by atoms with Crippen LogP contribution in [0.5, 0.6) is 0 Å². The van der Waals surface area contributed by atoms with Crippen molar-refractivity contribution in [1.82, 2.24) is 18.8 Å². The van der Waals surface area contributed by atoms with E-state index >= 15 is 0 Å². The van der Waals surface area contributed by atoms with Gasteiger partial charge < -0.3 is 9.47 Å². The lowest BCUT2D eigenvalue weighted by Crippen LogP contribution is -2.37. The van der Waals surface area contributed by atoms with E-state index in [1.165, 1.54) is 10.5 Å². The number of aryl methyl sites for hydroxylation is 4. The van der Waals surface area contributed by atoms with E-state index in [2.05, 4.69) is 4.98 Å². The minimum Gasteiger partial charge on any atom is -0.337 e. The minimum absolute atomic E-state index is 0.0500. The van der Waals surface area contributed by atoms with Crippen LogP contribution in [0.4, 0.5) is 0 Å². The summed E-state index contributed by atoms with van der Waals surface area (Å²) in [5.74, 6) is 0.598. The molecule has 0 atom stereocenters. The fraction of sp³-hybridized carbons (Fsp3) is 0.474. The largest absolute Gasteiger partial charge is 0.337 e. The summed E-state index contributed by atoms with van der Waals surface area (Å²) in [4.78, 5) is 18.7. The van der Waals surface area contributed by atoms with E-state index in [4.69, 9.17) is 0 Å². The van der Waals surface area contributed by atoms with Crippen molar-refractivity contribution in [2.45, 2.75) is 32.2 Å². The molecule has 1 aliphatic rings. The average molecular weight is 391 g/mol. The summed E-state index contributed by atoms with van der Waals surface area (Å²) in [5.41, 5.74) is 2.87. The third kappa shape index (κ3) is 3.91. The van der Waals surface area contributed by atoms with Gasteiger partial charge in [-0.1, -0.05) is 6.07 Å². The van der Waals surface area contributed by atoms with Crippen LogP contribution >= 0.6 is 0 Å². The number of hydrogen-bond donors (Lipinski definition) is 0. The number of rotatable bonds is 3. The first-order valence-corrected chi connectivity index (χ1v) is 10.5. The second kappa shape index (κ2) is 7.44. The quantitative estimate of drug-likeness (QED) is 0.802. The average Bonchev–Trinajstić information content (AvgIpc) is 2.84. The molecule has 2 heterocycles. The summed E-state index contributed by atoms with van der Waals surface area (Å²) < 4.78 is 28.9. The van der Waals surface area contributed by atoms with Crippen LogP contribution in [0.1, 0.15) is 33.7 Å². The van der Waals surface area contributed by atoms with Crippen LogP contribution in [0.2, 0.25) is 0 Å². The van der Waals surface area contributed by atoms with Gasteiger partial charge in [-0.15, -0.1) is 0 Å². The summed E-state index contributed by atoms with van der Waals surface area (Å²) in [6.45, 7) is 7.33. The molecule has 0 N–H and O–H groups in total. The van der Waals surface area contributed by atoms with Crippen LogP contribution in [0.15, 0.2) is 29.4 Å². The molecule has 7 nitrogen and oxygen atoms in total. The molecule has 1 aliphatic heterocycles. The Hall–Kier alpha value is -2.19. The molecule has 1 saturated heterocycles.